The second-order valence-corrected chi connectivity index (χ2v) is 6.52. The fraction of sp³-hybridized carbons (Fsp3) is 0.263. The highest BCUT2D eigenvalue weighted by Gasteiger charge is 2.13. The van der Waals surface area contributed by atoms with Crippen molar-refractivity contribution in [2.75, 3.05) is 6.54 Å². The SMILES string of the molecule is Cl.Clc1ccc(C(=CC2CCCCN2)c2ccc(Cl)cc2)cc1. The van der Waals surface area contributed by atoms with Crippen LogP contribution in [0.3, 0.4) is 0 Å². The molecule has 1 N–H and O–H groups in total. The molecule has 2 aromatic rings. The Kier molecular flexibility index (Phi) is 6.98. The molecule has 3 rings (SSSR count). The number of hydrogen-bond donors (Lipinski definition) is 1. The normalized spacial score (nSPS) is 17.2. The average Bonchev–Trinajstić information content (AvgIpc) is 2.56. The first-order valence-electron chi connectivity index (χ1n) is 7.69. The second kappa shape index (κ2) is 8.75. The Morgan fingerprint density at radius 2 is 1.39 bits per heavy atom. The molecule has 0 saturated carbocycles. The van der Waals surface area contributed by atoms with Gasteiger partial charge < -0.3 is 5.32 Å². The van der Waals surface area contributed by atoms with Crippen molar-refractivity contribution in [3.05, 3.63) is 75.8 Å². The molecule has 1 aliphatic heterocycles. The zero-order valence-corrected chi connectivity index (χ0v) is 15.1. The van der Waals surface area contributed by atoms with Crippen LogP contribution in [0.1, 0.15) is 30.4 Å². The van der Waals surface area contributed by atoms with E-state index in [1.54, 1.807) is 0 Å². The summed E-state index contributed by atoms with van der Waals surface area (Å²) in [7, 11) is 0. The van der Waals surface area contributed by atoms with E-state index < -0.39 is 0 Å². The Morgan fingerprint density at radius 1 is 0.870 bits per heavy atom. The Morgan fingerprint density at radius 3 is 1.83 bits per heavy atom. The number of piperidine rings is 1. The molecular weight excluding hydrogens is 349 g/mol. The predicted octanol–water partition coefficient (Wildman–Crippen LogP) is 5.99. The van der Waals surface area contributed by atoms with E-state index in [2.05, 4.69) is 35.7 Å². The Bertz CT molecular complexity index is 594. The molecular formula is C19H20Cl3N. The van der Waals surface area contributed by atoms with Crippen LogP contribution in [-0.2, 0) is 0 Å². The van der Waals surface area contributed by atoms with Crippen LogP contribution in [0, 0.1) is 0 Å². The lowest BCUT2D eigenvalue weighted by atomic mass is 9.93. The van der Waals surface area contributed by atoms with Crippen LogP contribution < -0.4 is 5.32 Å². The lowest BCUT2D eigenvalue weighted by molar-refractivity contribution is 0.455. The highest BCUT2D eigenvalue weighted by molar-refractivity contribution is 6.31. The highest BCUT2D eigenvalue weighted by atomic mass is 35.5. The summed E-state index contributed by atoms with van der Waals surface area (Å²) in [6.07, 6.45) is 6.07. The number of hydrogen-bond acceptors (Lipinski definition) is 1. The molecule has 23 heavy (non-hydrogen) atoms. The summed E-state index contributed by atoms with van der Waals surface area (Å²) >= 11 is 12.1. The van der Waals surface area contributed by atoms with Gasteiger partial charge in [-0.3, -0.25) is 0 Å². The zero-order chi connectivity index (χ0) is 15.4. The van der Waals surface area contributed by atoms with Gasteiger partial charge in [0.15, 0.2) is 0 Å². The molecule has 0 radical (unpaired) electrons. The molecule has 1 heterocycles. The Hall–Kier alpha value is -0.990. The van der Waals surface area contributed by atoms with Gasteiger partial charge in [-0.05, 0) is 60.4 Å². The van der Waals surface area contributed by atoms with Crippen LogP contribution in [0.4, 0.5) is 0 Å². The third kappa shape index (κ3) is 4.99. The molecule has 1 saturated heterocycles. The van der Waals surface area contributed by atoms with E-state index in [0.29, 0.717) is 6.04 Å². The van der Waals surface area contributed by atoms with Gasteiger partial charge in [-0.15, -0.1) is 12.4 Å². The maximum atomic E-state index is 6.03. The van der Waals surface area contributed by atoms with E-state index in [1.807, 2.05) is 24.3 Å². The zero-order valence-electron chi connectivity index (χ0n) is 12.8. The summed E-state index contributed by atoms with van der Waals surface area (Å²) in [5.74, 6) is 0. The van der Waals surface area contributed by atoms with E-state index in [4.69, 9.17) is 23.2 Å². The van der Waals surface area contributed by atoms with Crippen LogP contribution in [-0.4, -0.2) is 12.6 Å². The quantitative estimate of drug-likeness (QED) is 0.701. The fourth-order valence-electron chi connectivity index (χ4n) is 2.84. The molecule has 1 nitrogen and oxygen atoms in total. The first kappa shape index (κ1) is 18.4. The number of nitrogens with one attached hydrogen (secondary N) is 1. The third-order valence-electron chi connectivity index (χ3n) is 4.03. The van der Waals surface area contributed by atoms with Crippen molar-refractivity contribution in [1.82, 2.24) is 5.32 Å². The summed E-state index contributed by atoms with van der Waals surface area (Å²) in [6, 6.07) is 16.5. The van der Waals surface area contributed by atoms with Gasteiger partial charge >= 0.3 is 0 Å². The number of halogens is 3. The van der Waals surface area contributed by atoms with Crippen molar-refractivity contribution in [1.29, 1.82) is 0 Å². The minimum atomic E-state index is 0. The molecule has 0 spiro atoms. The Labute approximate surface area is 154 Å². The standard InChI is InChI=1S/C19H19Cl2N.ClH/c20-16-8-4-14(5-9-16)19(13-18-3-1-2-12-22-18)15-6-10-17(21)11-7-15;/h4-11,13,18,22H,1-3,12H2;1H. The number of benzene rings is 2. The third-order valence-corrected chi connectivity index (χ3v) is 4.53. The van der Waals surface area contributed by atoms with Gasteiger partial charge in [0, 0.05) is 16.1 Å². The molecule has 1 fully saturated rings. The highest BCUT2D eigenvalue weighted by Crippen LogP contribution is 2.27. The van der Waals surface area contributed by atoms with Gasteiger partial charge in [-0.2, -0.15) is 0 Å². The molecule has 0 amide bonds. The van der Waals surface area contributed by atoms with Gasteiger partial charge in [-0.25, -0.2) is 0 Å². The summed E-state index contributed by atoms with van der Waals surface area (Å²) in [5, 5.41) is 5.10. The van der Waals surface area contributed by atoms with Crippen molar-refractivity contribution in [2.24, 2.45) is 0 Å². The van der Waals surface area contributed by atoms with Gasteiger partial charge in [0.2, 0.25) is 0 Å². The predicted molar refractivity (Wildman–Crippen MR) is 103 cm³/mol. The van der Waals surface area contributed by atoms with Crippen molar-refractivity contribution in [3.63, 3.8) is 0 Å². The van der Waals surface area contributed by atoms with Crippen molar-refractivity contribution in [2.45, 2.75) is 25.3 Å². The molecule has 1 unspecified atom stereocenters. The van der Waals surface area contributed by atoms with E-state index in [1.165, 1.54) is 36.0 Å². The lowest BCUT2D eigenvalue weighted by Gasteiger charge is -2.22. The fourth-order valence-corrected chi connectivity index (χ4v) is 3.09. The van der Waals surface area contributed by atoms with Gasteiger partial charge in [0.1, 0.15) is 0 Å². The molecule has 0 aliphatic carbocycles. The molecule has 4 heteroatoms. The van der Waals surface area contributed by atoms with E-state index in [-0.39, 0.29) is 12.4 Å². The number of rotatable bonds is 3. The Balaban J connectivity index is 0.00000192. The van der Waals surface area contributed by atoms with Gasteiger partial charge in [-0.1, -0.05) is 60.0 Å². The van der Waals surface area contributed by atoms with Crippen molar-refractivity contribution in [3.8, 4) is 0 Å². The molecule has 0 aromatic heterocycles. The summed E-state index contributed by atoms with van der Waals surface area (Å²) in [5.41, 5.74) is 3.59. The van der Waals surface area contributed by atoms with Crippen LogP contribution in [0.2, 0.25) is 10.0 Å². The topological polar surface area (TPSA) is 12.0 Å². The second-order valence-electron chi connectivity index (χ2n) is 5.65. The molecule has 0 bridgehead atoms. The van der Waals surface area contributed by atoms with Crippen molar-refractivity contribution >= 4 is 41.2 Å². The largest absolute Gasteiger partial charge is 0.310 e. The monoisotopic (exact) mass is 367 g/mol. The lowest BCUT2D eigenvalue weighted by Crippen LogP contribution is -2.32. The van der Waals surface area contributed by atoms with Crippen LogP contribution in [0.15, 0.2) is 54.6 Å². The van der Waals surface area contributed by atoms with Gasteiger partial charge in [0.25, 0.3) is 0 Å². The first-order chi connectivity index (χ1) is 10.7. The van der Waals surface area contributed by atoms with Gasteiger partial charge in [0.05, 0.1) is 0 Å². The average molecular weight is 369 g/mol. The summed E-state index contributed by atoms with van der Waals surface area (Å²) < 4.78 is 0. The molecule has 2 aromatic carbocycles. The summed E-state index contributed by atoms with van der Waals surface area (Å²) in [4.78, 5) is 0. The van der Waals surface area contributed by atoms with E-state index in [0.717, 1.165) is 16.6 Å². The maximum absolute atomic E-state index is 6.03. The van der Waals surface area contributed by atoms with E-state index in [9.17, 15) is 0 Å². The smallest absolute Gasteiger partial charge is 0.0406 e. The summed E-state index contributed by atoms with van der Waals surface area (Å²) in [6.45, 7) is 1.09. The van der Waals surface area contributed by atoms with E-state index >= 15 is 0 Å². The van der Waals surface area contributed by atoms with Crippen LogP contribution in [0.5, 0.6) is 0 Å². The van der Waals surface area contributed by atoms with Crippen LogP contribution in [0.25, 0.3) is 5.57 Å². The minimum absolute atomic E-state index is 0. The molecule has 1 aliphatic rings. The maximum Gasteiger partial charge on any atom is 0.0406 e. The molecule has 122 valence electrons. The minimum Gasteiger partial charge on any atom is -0.310 e. The first-order valence-corrected chi connectivity index (χ1v) is 8.45. The van der Waals surface area contributed by atoms with Crippen molar-refractivity contribution < 1.29 is 0 Å². The molecule has 1 atom stereocenters. The van der Waals surface area contributed by atoms with Crippen LogP contribution >= 0.6 is 35.6 Å².